The van der Waals surface area contributed by atoms with E-state index < -0.39 is 17.4 Å². The van der Waals surface area contributed by atoms with Crippen molar-refractivity contribution >= 4 is 23.5 Å². The monoisotopic (exact) mass is 358 g/mol. The second-order valence-corrected chi connectivity index (χ2v) is 7.77. The van der Waals surface area contributed by atoms with Gasteiger partial charge < -0.3 is 15.3 Å². The van der Waals surface area contributed by atoms with Crippen molar-refractivity contribution < 1.29 is 19.5 Å². The highest BCUT2D eigenvalue weighted by Crippen LogP contribution is 2.36. The number of hydrogen-bond donors (Lipinski definition) is 2. The third-order valence-electron chi connectivity index (χ3n) is 5.58. The molecule has 1 heterocycles. The van der Waals surface area contributed by atoms with E-state index in [4.69, 9.17) is 5.11 Å². The van der Waals surface area contributed by atoms with Crippen molar-refractivity contribution in [3.8, 4) is 0 Å². The Kier molecular flexibility index (Phi) is 5.03. The van der Waals surface area contributed by atoms with Crippen molar-refractivity contribution in [3.63, 3.8) is 0 Å². The lowest BCUT2D eigenvalue weighted by Gasteiger charge is -2.42. The molecule has 1 unspecified atom stereocenters. The molecule has 0 bridgehead atoms. The first-order valence-corrected chi connectivity index (χ1v) is 9.26. The molecule has 2 fully saturated rings. The van der Waals surface area contributed by atoms with E-state index in [0.29, 0.717) is 31.7 Å². The number of nitrogens with one attached hydrogen (secondary N) is 1. The number of carbonyl (C=O) groups is 3. The number of aliphatic carboxylic acids is 1. The van der Waals surface area contributed by atoms with Crippen LogP contribution >= 0.6 is 0 Å². The van der Waals surface area contributed by atoms with Crippen LogP contribution in [-0.4, -0.2) is 35.0 Å². The molecule has 6 nitrogen and oxygen atoms in total. The Labute approximate surface area is 153 Å². The van der Waals surface area contributed by atoms with Gasteiger partial charge in [0.2, 0.25) is 11.8 Å². The number of amides is 2. The molecule has 1 aliphatic carbocycles. The van der Waals surface area contributed by atoms with Gasteiger partial charge in [-0.05, 0) is 49.3 Å². The summed E-state index contributed by atoms with van der Waals surface area (Å²) >= 11 is 0. The molecule has 0 spiro atoms. The van der Waals surface area contributed by atoms with Gasteiger partial charge in [-0.25, -0.2) is 0 Å². The summed E-state index contributed by atoms with van der Waals surface area (Å²) in [5.74, 6) is -1.77. The summed E-state index contributed by atoms with van der Waals surface area (Å²) in [7, 11) is 0. The van der Waals surface area contributed by atoms with E-state index in [-0.39, 0.29) is 18.2 Å². The lowest BCUT2D eigenvalue weighted by molar-refractivity contribution is -0.141. The van der Waals surface area contributed by atoms with Crippen LogP contribution in [0.3, 0.4) is 0 Å². The van der Waals surface area contributed by atoms with E-state index >= 15 is 0 Å². The number of carboxylic acids is 1. The molecule has 26 heavy (non-hydrogen) atoms. The number of rotatable bonds is 6. The quantitative estimate of drug-likeness (QED) is 0.766. The molecule has 1 saturated carbocycles. The van der Waals surface area contributed by atoms with E-state index in [9.17, 15) is 14.4 Å². The Morgan fingerprint density at radius 1 is 1.27 bits per heavy atom. The topological polar surface area (TPSA) is 86.7 Å². The molecule has 3 rings (SSSR count). The standard InChI is InChI=1S/C20H26N2O4/c1-13(2)14-4-6-15(7-5-14)22-11-8-16(19(22)26)18(25)21-20(9-3-10-20)12-17(23)24/h4-7,13,16H,3,8-12H2,1-2H3,(H,21,25)(H,23,24). The first kappa shape index (κ1) is 18.4. The normalized spacial score (nSPS) is 21.6. The minimum Gasteiger partial charge on any atom is -0.481 e. The summed E-state index contributed by atoms with van der Waals surface area (Å²) in [6.07, 6.45) is 2.60. The number of nitrogens with zero attached hydrogens (tertiary/aromatic N) is 1. The fraction of sp³-hybridized carbons (Fsp3) is 0.550. The maximum absolute atomic E-state index is 12.7. The van der Waals surface area contributed by atoms with Crippen LogP contribution in [0.5, 0.6) is 0 Å². The van der Waals surface area contributed by atoms with Gasteiger partial charge in [-0.1, -0.05) is 26.0 Å². The van der Waals surface area contributed by atoms with Crippen molar-refractivity contribution in [1.82, 2.24) is 5.32 Å². The maximum Gasteiger partial charge on any atom is 0.305 e. The van der Waals surface area contributed by atoms with Gasteiger partial charge in [0.25, 0.3) is 0 Å². The SMILES string of the molecule is CC(C)c1ccc(N2CCC(C(=O)NC3(CC(=O)O)CCC3)C2=O)cc1. The van der Waals surface area contributed by atoms with Crippen molar-refractivity contribution in [2.75, 3.05) is 11.4 Å². The predicted octanol–water partition coefficient (Wildman–Crippen LogP) is 2.68. The summed E-state index contributed by atoms with van der Waals surface area (Å²) < 4.78 is 0. The molecule has 1 aliphatic heterocycles. The van der Waals surface area contributed by atoms with Crippen LogP contribution in [0.25, 0.3) is 0 Å². The minimum atomic E-state index is -0.922. The zero-order valence-electron chi connectivity index (χ0n) is 15.3. The Hall–Kier alpha value is -2.37. The van der Waals surface area contributed by atoms with Crippen molar-refractivity contribution in [3.05, 3.63) is 29.8 Å². The van der Waals surface area contributed by atoms with Crippen molar-refractivity contribution in [1.29, 1.82) is 0 Å². The van der Waals surface area contributed by atoms with E-state index in [2.05, 4.69) is 19.2 Å². The van der Waals surface area contributed by atoms with Crippen LogP contribution in [0.15, 0.2) is 24.3 Å². The van der Waals surface area contributed by atoms with Gasteiger partial charge in [-0.3, -0.25) is 14.4 Å². The van der Waals surface area contributed by atoms with E-state index in [1.165, 1.54) is 5.56 Å². The van der Waals surface area contributed by atoms with Crippen LogP contribution in [0.1, 0.15) is 57.4 Å². The Bertz CT molecular complexity index is 707. The summed E-state index contributed by atoms with van der Waals surface area (Å²) in [5, 5.41) is 11.9. The molecular weight excluding hydrogens is 332 g/mol. The zero-order chi connectivity index (χ0) is 18.9. The second-order valence-electron chi connectivity index (χ2n) is 7.77. The van der Waals surface area contributed by atoms with Gasteiger partial charge in [0, 0.05) is 12.2 Å². The average Bonchev–Trinajstić information content (AvgIpc) is 2.94. The highest BCUT2D eigenvalue weighted by atomic mass is 16.4. The first-order valence-electron chi connectivity index (χ1n) is 9.26. The van der Waals surface area contributed by atoms with Gasteiger partial charge in [-0.15, -0.1) is 0 Å². The largest absolute Gasteiger partial charge is 0.481 e. The Morgan fingerprint density at radius 2 is 1.92 bits per heavy atom. The summed E-state index contributed by atoms with van der Waals surface area (Å²) in [6, 6.07) is 7.87. The molecule has 2 amide bonds. The highest BCUT2D eigenvalue weighted by molar-refractivity contribution is 6.09. The maximum atomic E-state index is 12.7. The molecule has 1 saturated heterocycles. The van der Waals surface area contributed by atoms with Gasteiger partial charge in [0.15, 0.2) is 0 Å². The minimum absolute atomic E-state index is 0.0833. The molecule has 6 heteroatoms. The van der Waals surface area contributed by atoms with E-state index in [1.807, 2.05) is 24.3 Å². The predicted molar refractivity (Wildman–Crippen MR) is 98.0 cm³/mol. The lowest BCUT2D eigenvalue weighted by atomic mass is 9.74. The number of hydrogen-bond acceptors (Lipinski definition) is 3. The van der Waals surface area contributed by atoms with E-state index in [1.54, 1.807) is 4.90 Å². The summed E-state index contributed by atoms with van der Waals surface area (Å²) in [6.45, 7) is 4.73. The highest BCUT2D eigenvalue weighted by Gasteiger charge is 2.44. The van der Waals surface area contributed by atoms with E-state index in [0.717, 1.165) is 12.1 Å². The molecule has 2 N–H and O–H groups in total. The molecule has 0 radical (unpaired) electrons. The molecule has 1 aromatic rings. The molecule has 1 aromatic carbocycles. The summed E-state index contributed by atoms with van der Waals surface area (Å²) in [5.41, 5.74) is 1.34. The molecule has 0 aromatic heterocycles. The van der Waals surface area contributed by atoms with Crippen LogP contribution in [0, 0.1) is 5.92 Å². The molecule has 140 valence electrons. The average molecular weight is 358 g/mol. The lowest BCUT2D eigenvalue weighted by Crippen LogP contribution is -2.56. The van der Waals surface area contributed by atoms with Gasteiger partial charge in [0.05, 0.1) is 12.0 Å². The number of benzene rings is 1. The van der Waals surface area contributed by atoms with Gasteiger partial charge in [0.1, 0.15) is 5.92 Å². The molecule has 2 aliphatic rings. The Balaban J connectivity index is 1.66. The fourth-order valence-electron chi connectivity index (χ4n) is 3.81. The molecular formula is C20H26N2O4. The van der Waals surface area contributed by atoms with Crippen LogP contribution in [0.4, 0.5) is 5.69 Å². The van der Waals surface area contributed by atoms with Crippen LogP contribution in [-0.2, 0) is 14.4 Å². The van der Waals surface area contributed by atoms with Crippen LogP contribution in [0.2, 0.25) is 0 Å². The molecule has 1 atom stereocenters. The Morgan fingerprint density at radius 3 is 2.42 bits per heavy atom. The van der Waals surface area contributed by atoms with Crippen molar-refractivity contribution in [2.24, 2.45) is 5.92 Å². The zero-order valence-corrected chi connectivity index (χ0v) is 15.3. The number of carbonyl (C=O) groups excluding carboxylic acids is 2. The summed E-state index contributed by atoms with van der Waals surface area (Å²) in [4.78, 5) is 38.1. The van der Waals surface area contributed by atoms with Gasteiger partial charge >= 0.3 is 5.97 Å². The number of anilines is 1. The third kappa shape index (κ3) is 3.59. The third-order valence-corrected chi connectivity index (χ3v) is 5.58. The first-order chi connectivity index (χ1) is 12.3. The van der Waals surface area contributed by atoms with Crippen molar-refractivity contribution in [2.45, 2.75) is 57.4 Å². The second kappa shape index (κ2) is 7.09. The number of carboxylic acid groups (broad SMARTS) is 1. The van der Waals surface area contributed by atoms with Gasteiger partial charge in [-0.2, -0.15) is 0 Å². The smallest absolute Gasteiger partial charge is 0.305 e. The fourth-order valence-corrected chi connectivity index (χ4v) is 3.81. The van der Waals surface area contributed by atoms with Crippen LogP contribution < -0.4 is 10.2 Å².